The van der Waals surface area contributed by atoms with E-state index in [0.717, 1.165) is 21.9 Å². The van der Waals surface area contributed by atoms with E-state index in [1.807, 2.05) is 66.7 Å². The molecule has 0 bridgehead atoms. The topological polar surface area (TPSA) is 31.0 Å². The summed E-state index contributed by atoms with van der Waals surface area (Å²) in [6, 6.07) is 23.5. The summed E-state index contributed by atoms with van der Waals surface area (Å²) in [5.74, 6) is 0.285. The van der Waals surface area contributed by atoms with Crippen LogP contribution >= 0.6 is 0 Å². The van der Waals surface area contributed by atoms with E-state index in [1.165, 1.54) is 0 Å². The van der Waals surface area contributed by atoms with Gasteiger partial charge in [0.1, 0.15) is 17.0 Å². The molecular weight excluding hydrogens is 488 g/mol. The SMILES string of the molecule is [2H]c1c([2H])c([2H])c(-c2c([2H])c([2H])c([2H])c([2H])c2-n2c(-c3cccc4c3oc3cc(-c5ccccc5)ccc34)nc3ccccc32)c([2H])c1[2H]. The second kappa shape index (κ2) is 9.11. The highest BCUT2D eigenvalue weighted by Crippen LogP contribution is 2.40. The van der Waals surface area contributed by atoms with Crippen molar-refractivity contribution >= 4 is 33.0 Å². The van der Waals surface area contributed by atoms with Gasteiger partial charge in [-0.2, -0.15) is 0 Å². The van der Waals surface area contributed by atoms with Crippen LogP contribution in [-0.2, 0) is 0 Å². The number of fused-ring (bicyclic) bond motifs is 4. The summed E-state index contributed by atoms with van der Waals surface area (Å²) >= 11 is 0. The molecule has 0 radical (unpaired) electrons. The van der Waals surface area contributed by atoms with Gasteiger partial charge in [0, 0.05) is 16.3 Å². The summed E-state index contributed by atoms with van der Waals surface area (Å²) in [5.41, 5.74) is 4.00. The van der Waals surface area contributed by atoms with Gasteiger partial charge in [-0.1, -0.05) is 109 Å². The Bertz CT molecular complexity index is 2640. The molecule has 40 heavy (non-hydrogen) atoms. The maximum absolute atomic E-state index is 9.16. The van der Waals surface area contributed by atoms with E-state index in [1.54, 1.807) is 28.8 Å². The average molecular weight is 522 g/mol. The summed E-state index contributed by atoms with van der Waals surface area (Å²) in [4.78, 5) is 4.95. The molecule has 2 aromatic heterocycles. The lowest BCUT2D eigenvalue weighted by atomic mass is 10.0. The van der Waals surface area contributed by atoms with Crippen LogP contribution in [-0.4, -0.2) is 9.55 Å². The third-order valence-corrected chi connectivity index (χ3v) is 7.05. The molecule has 0 spiro atoms. The lowest BCUT2D eigenvalue weighted by molar-refractivity contribution is 0.669. The number of para-hydroxylation sites is 4. The van der Waals surface area contributed by atoms with Gasteiger partial charge >= 0.3 is 0 Å². The molecule has 0 N–H and O–H groups in total. The number of benzene rings is 6. The molecule has 0 saturated heterocycles. The van der Waals surface area contributed by atoms with Crippen molar-refractivity contribution in [3.8, 4) is 39.3 Å². The van der Waals surface area contributed by atoms with Crippen LogP contribution in [0, 0.1) is 0 Å². The van der Waals surface area contributed by atoms with Gasteiger partial charge in [-0.25, -0.2) is 4.98 Å². The van der Waals surface area contributed by atoms with Gasteiger partial charge in [0.25, 0.3) is 0 Å². The molecule has 3 heteroatoms. The molecule has 6 aromatic carbocycles. The van der Waals surface area contributed by atoms with Gasteiger partial charge in [-0.3, -0.25) is 4.57 Å². The predicted molar refractivity (Wildman–Crippen MR) is 165 cm³/mol. The Morgan fingerprint density at radius 1 is 0.600 bits per heavy atom. The Morgan fingerprint density at radius 2 is 1.40 bits per heavy atom. The fourth-order valence-electron chi connectivity index (χ4n) is 5.25. The van der Waals surface area contributed by atoms with Crippen LogP contribution < -0.4 is 0 Å². The zero-order valence-corrected chi connectivity index (χ0v) is 21.0. The molecule has 0 unspecified atom stereocenters. The Hall–Kier alpha value is -5.41. The molecular formula is C37H24N2O. The second-order valence-electron chi connectivity index (χ2n) is 9.34. The normalized spacial score (nSPS) is 14.7. The summed E-state index contributed by atoms with van der Waals surface area (Å²) < 4.78 is 85.8. The standard InChI is InChI=1S/C37H24N2O/c1-3-12-25(13-4-1)27-22-23-29-30-17-11-18-31(36(30)40-35(29)24-27)37-38-32-19-8-10-21-34(32)39(37)33-20-9-7-16-28(33)26-14-5-2-6-15-26/h1-24H/i2D,5D,6D,7D,9D,14D,15D,16D,20D. The molecule has 8 rings (SSSR count). The Kier molecular flexibility index (Phi) is 3.47. The number of nitrogens with zero attached hydrogens (tertiary/aromatic N) is 2. The highest BCUT2D eigenvalue weighted by atomic mass is 16.3. The first kappa shape index (κ1) is 15.2. The first-order chi connectivity index (χ1) is 23.6. The summed E-state index contributed by atoms with van der Waals surface area (Å²) in [6.07, 6.45) is 0. The zero-order valence-electron chi connectivity index (χ0n) is 30.0. The van der Waals surface area contributed by atoms with Crippen molar-refractivity contribution in [3.63, 3.8) is 0 Å². The van der Waals surface area contributed by atoms with Crippen molar-refractivity contribution in [2.75, 3.05) is 0 Å². The van der Waals surface area contributed by atoms with Crippen molar-refractivity contribution in [1.29, 1.82) is 0 Å². The fraction of sp³-hybridized carbons (Fsp3) is 0. The van der Waals surface area contributed by atoms with Crippen LogP contribution in [0.25, 0.3) is 72.3 Å². The van der Waals surface area contributed by atoms with Gasteiger partial charge in [0.15, 0.2) is 0 Å². The van der Waals surface area contributed by atoms with Gasteiger partial charge in [0.05, 0.1) is 34.6 Å². The van der Waals surface area contributed by atoms with Crippen LogP contribution in [0.3, 0.4) is 0 Å². The van der Waals surface area contributed by atoms with E-state index in [-0.39, 0.29) is 22.6 Å². The van der Waals surface area contributed by atoms with E-state index in [9.17, 15) is 0 Å². The lowest BCUT2D eigenvalue weighted by Gasteiger charge is -2.15. The molecule has 188 valence electrons. The van der Waals surface area contributed by atoms with E-state index in [4.69, 9.17) is 21.7 Å². The molecule has 8 aromatic rings. The van der Waals surface area contributed by atoms with Gasteiger partial charge < -0.3 is 4.42 Å². The molecule has 0 saturated carbocycles. The quantitative estimate of drug-likeness (QED) is 0.231. The van der Waals surface area contributed by atoms with Crippen molar-refractivity contribution in [1.82, 2.24) is 9.55 Å². The minimum atomic E-state index is -0.619. The summed E-state index contributed by atoms with van der Waals surface area (Å²) in [7, 11) is 0. The van der Waals surface area contributed by atoms with Crippen molar-refractivity contribution < 1.29 is 16.8 Å². The summed E-state index contributed by atoms with van der Waals surface area (Å²) in [5, 5.41) is 1.69. The first-order valence-electron chi connectivity index (χ1n) is 17.2. The second-order valence-corrected chi connectivity index (χ2v) is 9.34. The van der Waals surface area contributed by atoms with E-state index in [0.29, 0.717) is 27.8 Å². The van der Waals surface area contributed by atoms with Gasteiger partial charge in [-0.05, 0) is 53.1 Å². The third kappa shape index (κ3) is 3.56. The van der Waals surface area contributed by atoms with E-state index < -0.39 is 54.4 Å². The summed E-state index contributed by atoms with van der Waals surface area (Å²) in [6.45, 7) is 0. The third-order valence-electron chi connectivity index (χ3n) is 7.05. The largest absolute Gasteiger partial charge is 0.455 e. The smallest absolute Gasteiger partial charge is 0.149 e. The fourth-order valence-corrected chi connectivity index (χ4v) is 5.25. The molecule has 2 heterocycles. The minimum absolute atomic E-state index is 0.104. The van der Waals surface area contributed by atoms with Crippen LogP contribution in [0.1, 0.15) is 12.3 Å². The first-order valence-corrected chi connectivity index (χ1v) is 12.7. The zero-order chi connectivity index (χ0) is 34.3. The molecule has 3 nitrogen and oxygen atoms in total. The molecule has 0 aliphatic rings. The van der Waals surface area contributed by atoms with Crippen molar-refractivity contribution in [3.05, 3.63) is 145 Å². The maximum Gasteiger partial charge on any atom is 0.149 e. The van der Waals surface area contributed by atoms with Crippen molar-refractivity contribution in [2.24, 2.45) is 0 Å². The van der Waals surface area contributed by atoms with Crippen LogP contribution in [0.4, 0.5) is 0 Å². The number of furan rings is 1. The molecule has 0 atom stereocenters. The van der Waals surface area contributed by atoms with Gasteiger partial charge in [-0.15, -0.1) is 0 Å². The van der Waals surface area contributed by atoms with Crippen LogP contribution in [0.15, 0.2) is 150 Å². The monoisotopic (exact) mass is 521 g/mol. The Balaban J connectivity index is 1.48. The number of hydrogen-bond acceptors (Lipinski definition) is 2. The van der Waals surface area contributed by atoms with Gasteiger partial charge in [0.2, 0.25) is 0 Å². The Morgan fingerprint density at radius 3 is 2.30 bits per heavy atom. The van der Waals surface area contributed by atoms with Crippen molar-refractivity contribution in [2.45, 2.75) is 0 Å². The molecule has 0 aliphatic carbocycles. The Labute approximate surface area is 244 Å². The highest BCUT2D eigenvalue weighted by Gasteiger charge is 2.21. The maximum atomic E-state index is 9.16. The minimum Gasteiger partial charge on any atom is -0.455 e. The lowest BCUT2D eigenvalue weighted by Crippen LogP contribution is -2.00. The number of hydrogen-bond donors (Lipinski definition) is 0. The number of imidazole rings is 1. The van der Waals surface area contributed by atoms with E-state index >= 15 is 0 Å². The highest BCUT2D eigenvalue weighted by molar-refractivity contribution is 6.10. The molecule has 0 aliphatic heterocycles. The van der Waals surface area contributed by atoms with Crippen LogP contribution in [0.5, 0.6) is 0 Å². The van der Waals surface area contributed by atoms with E-state index in [2.05, 4.69) is 0 Å². The number of rotatable bonds is 4. The predicted octanol–water partition coefficient (Wildman–Crippen LogP) is 9.93. The number of aromatic nitrogens is 2. The average Bonchev–Trinajstić information content (AvgIpc) is 3.70. The van der Waals surface area contributed by atoms with Crippen LogP contribution in [0.2, 0.25) is 0 Å². The molecule has 0 fully saturated rings. The molecule has 0 amide bonds.